The first-order valence-electron chi connectivity index (χ1n) is 5.55. The van der Waals surface area contributed by atoms with Crippen LogP contribution in [0.25, 0.3) is 4.85 Å². The third kappa shape index (κ3) is 3.39. The molecule has 0 unspecified atom stereocenters. The van der Waals surface area contributed by atoms with Crippen LogP contribution in [-0.2, 0) is 6.18 Å². The van der Waals surface area contributed by atoms with Gasteiger partial charge in [0.05, 0.1) is 12.1 Å². The van der Waals surface area contributed by atoms with Crippen molar-refractivity contribution in [2.24, 2.45) is 5.92 Å². The van der Waals surface area contributed by atoms with Crippen LogP contribution in [0.2, 0.25) is 0 Å². The van der Waals surface area contributed by atoms with Crippen LogP contribution in [0.1, 0.15) is 19.4 Å². The molecular formula is C13H15F3N2. The topological polar surface area (TPSA) is 7.60 Å². The van der Waals surface area contributed by atoms with Gasteiger partial charge in [-0.2, -0.15) is 13.2 Å². The van der Waals surface area contributed by atoms with Gasteiger partial charge in [0.2, 0.25) is 0 Å². The zero-order valence-corrected chi connectivity index (χ0v) is 10.5. The van der Waals surface area contributed by atoms with Crippen molar-refractivity contribution in [2.75, 3.05) is 18.5 Å². The van der Waals surface area contributed by atoms with Gasteiger partial charge in [0.1, 0.15) is 0 Å². The molecule has 1 rings (SSSR count). The Balaban J connectivity index is 3.16. The molecule has 5 heteroatoms. The van der Waals surface area contributed by atoms with Gasteiger partial charge in [0.25, 0.3) is 0 Å². The maximum absolute atomic E-state index is 12.8. The summed E-state index contributed by atoms with van der Waals surface area (Å²) in [4.78, 5) is 4.67. The Bertz CT molecular complexity index is 458. The second-order valence-corrected chi connectivity index (χ2v) is 4.59. The highest BCUT2D eigenvalue weighted by Gasteiger charge is 2.33. The third-order valence-corrected chi connectivity index (χ3v) is 2.49. The molecule has 0 atom stereocenters. The molecule has 0 spiro atoms. The lowest BCUT2D eigenvalue weighted by molar-refractivity contribution is -0.136. The monoisotopic (exact) mass is 256 g/mol. The van der Waals surface area contributed by atoms with Crippen LogP contribution >= 0.6 is 0 Å². The first-order valence-corrected chi connectivity index (χ1v) is 5.55. The van der Waals surface area contributed by atoms with Gasteiger partial charge in [-0.15, -0.1) is 0 Å². The molecule has 0 bridgehead atoms. The summed E-state index contributed by atoms with van der Waals surface area (Å²) in [6.07, 6.45) is -4.49. The number of nitrogens with zero attached hydrogens (tertiary/aromatic N) is 2. The standard InChI is InChI=1S/C13H15F3N2/c1-9(2)8-18(4)10-5-6-12(17-3)11(7-10)13(14,15)16/h5-7,9H,8H2,1-2,4H3. The number of hydrogen-bond donors (Lipinski definition) is 0. The molecule has 2 nitrogen and oxygen atoms in total. The molecule has 1 aromatic carbocycles. The number of halogens is 3. The molecule has 0 N–H and O–H groups in total. The SMILES string of the molecule is [C-]#[N+]c1ccc(N(C)CC(C)C)cc1C(F)(F)F. The zero-order valence-electron chi connectivity index (χ0n) is 10.5. The highest BCUT2D eigenvalue weighted by molar-refractivity contribution is 5.62. The maximum atomic E-state index is 12.8. The average molecular weight is 256 g/mol. The highest BCUT2D eigenvalue weighted by atomic mass is 19.4. The molecule has 0 amide bonds. The predicted molar refractivity (Wildman–Crippen MR) is 65.8 cm³/mol. The fraction of sp³-hybridized carbons (Fsp3) is 0.462. The van der Waals surface area contributed by atoms with Crippen LogP contribution in [0.4, 0.5) is 24.5 Å². The summed E-state index contributed by atoms with van der Waals surface area (Å²) in [6.45, 7) is 11.4. The van der Waals surface area contributed by atoms with Gasteiger partial charge < -0.3 is 4.90 Å². The van der Waals surface area contributed by atoms with Gasteiger partial charge in [-0.3, -0.25) is 0 Å². The minimum atomic E-state index is -4.49. The normalized spacial score (nSPS) is 11.4. The van der Waals surface area contributed by atoms with Crippen molar-refractivity contribution in [1.82, 2.24) is 0 Å². The van der Waals surface area contributed by atoms with E-state index in [1.807, 2.05) is 13.8 Å². The second-order valence-electron chi connectivity index (χ2n) is 4.59. The van der Waals surface area contributed by atoms with Crippen LogP contribution in [0, 0.1) is 12.5 Å². The summed E-state index contributed by atoms with van der Waals surface area (Å²) < 4.78 is 38.3. The second kappa shape index (κ2) is 5.30. The summed E-state index contributed by atoms with van der Waals surface area (Å²) in [5.74, 6) is 0.352. The average Bonchev–Trinajstić information content (AvgIpc) is 2.26. The first-order chi connectivity index (χ1) is 8.25. The Morgan fingerprint density at radius 3 is 2.39 bits per heavy atom. The van der Waals surface area contributed by atoms with Crippen LogP contribution in [0.5, 0.6) is 0 Å². The van der Waals surface area contributed by atoms with E-state index >= 15 is 0 Å². The Labute approximate surface area is 105 Å². The lowest BCUT2D eigenvalue weighted by atomic mass is 10.1. The lowest BCUT2D eigenvalue weighted by Crippen LogP contribution is -2.22. The Morgan fingerprint density at radius 2 is 1.94 bits per heavy atom. The molecule has 0 radical (unpaired) electrons. The van der Waals surface area contributed by atoms with Gasteiger partial charge >= 0.3 is 6.18 Å². The number of alkyl halides is 3. The maximum Gasteiger partial charge on any atom is 0.407 e. The smallest absolute Gasteiger partial charge is 0.374 e. The summed E-state index contributed by atoms with van der Waals surface area (Å²) in [7, 11) is 1.74. The molecular weight excluding hydrogens is 241 g/mol. The quantitative estimate of drug-likeness (QED) is 0.729. The van der Waals surface area contributed by atoms with E-state index in [0.717, 1.165) is 6.07 Å². The van der Waals surface area contributed by atoms with Crippen molar-refractivity contribution in [3.63, 3.8) is 0 Å². The van der Waals surface area contributed by atoms with Crippen molar-refractivity contribution in [3.05, 3.63) is 35.2 Å². The predicted octanol–water partition coefficient (Wildman–Crippen LogP) is 4.35. The van der Waals surface area contributed by atoms with Crippen LogP contribution in [0.3, 0.4) is 0 Å². The van der Waals surface area contributed by atoms with Crippen LogP contribution in [-0.4, -0.2) is 13.6 Å². The van der Waals surface area contributed by atoms with E-state index < -0.39 is 11.7 Å². The van der Waals surface area contributed by atoms with Crippen molar-refractivity contribution in [3.8, 4) is 0 Å². The van der Waals surface area contributed by atoms with Crippen molar-refractivity contribution in [2.45, 2.75) is 20.0 Å². The number of hydrogen-bond acceptors (Lipinski definition) is 1. The molecule has 18 heavy (non-hydrogen) atoms. The van der Waals surface area contributed by atoms with E-state index in [4.69, 9.17) is 6.57 Å². The first kappa shape index (κ1) is 14.4. The Morgan fingerprint density at radius 1 is 1.33 bits per heavy atom. The van der Waals surface area contributed by atoms with Gasteiger partial charge in [0.15, 0.2) is 5.69 Å². The molecule has 0 aliphatic rings. The molecule has 1 aromatic rings. The van der Waals surface area contributed by atoms with E-state index in [1.165, 1.54) is 6.07 Å². The number of benzene rings is 1. The Hall–Kier alpha value is -1.70. The Kier molecular flexibility index (Phi) is 4.23. The molecule has 0 fully saturated rings. The van der Waals surface area contributed by atoms with E-state index in [-0.39, 0.29) is 5.69 Å². The summed E-state index contributed by atoms with van der Waals surface area (Å²) >= 11 is 0. The molecule has 0 aliphatic heterocycles. The van der Waals surface area contributed by atoms with Crippen molar-refractivity contribution in [1.29, 1.82) is 0 Å². The van der Waals surface area contributed by atoms with Gasteiger partial charge in [0, 0.05) is 19.3 Å². The van der Waals surface area contributed by atoms with Crippen molar-refractivity contribution < 1.29 is 13.2 Å². The number of anilines is 1. The summed E-state index contributed by atoms with van der Waals surface area (Å²) in [6, 6.07) is 3.81. The minimum absolute atomic E-state index is 0.352. The van der Waals surface area contributed by atoms with Crippen molar-refractivity contribution >= 4 is 11.4 Å². The fourth-order valence-electron chi connectivity index (χ4n) is 1.74. The molecule has 0 saturated carbocycles. The van der Waals surface area contributed by atoms with Crippen LogP contribution in [0.15, 0.2) is 18.2 Å². The minimum Gasteiger partial charge on any atom is -0.374 e. The van der Waals surface area contributed by atoms with Gasteiger partial charge in [-0.1, -0.05) is 19.9 Å². The van der Waals surface area contributed by atoms with E-state index in [9.17, 15) is 13.2 Å². The third-order valence-electron chi connectivity index (χ3n) is 2.49. The highest BCUT2D eigenvalue weighted by Crippen LogP contribution is 2.38. The van der Waals surface area contributed by atoms with E-state index in [2.05, 4.69) is 4.85 Å². The van der Waals surface area contributed by atoms with Crippen LogP contribution < -0.4 is 4.90 Å². The molecule has 0 saturated heterocycles. The van der Waals surface area contributed by atoms with Gasteiger partial charge in [-0.05, 0) is 18.1 Å². The fourth-order valence-corrected chi connectivity index (χ4v) is 1.74. The molecule has 98 valence electrons. The lowest BCUT2D eigenvalue weighted by Gasteiger charge is -2.23. The molecule has 0 aliphatic carbocycles. The zero-order chi connectivity index (χ0) is 13.9. The largest absolute Gasteiger partial charge is 0.407 e. The van der Waals surface area contributed by atoms with Gasteiger partial charge in [-0.25, -0.2) is 4.85 Å². The molecule has 0 aromatic heterocycles. The summed E-state index contributed by atoms with van der Waals surface area (Å²) in [5.41, 5.74) is -0.752. The van der Waals surface area contributed by atoms with E-state index in [1.54, 1.807) is 18.0 Å². The number of rotatable bonds is 3. The van der Waals surface area contributed by atoms with E-state index in [0.29, 0.717) is 18.2 Å². The molecule has 0 heterocycles. The summed E-state index contributed by atoms with van der Waals surface area (Å²) in [5, 5.41) is 0.